The summed E-state index contributed by atoms with van der Waals surface area (Å²) in [7, 11) is 1.43. The third-order valence-corrected chi connectivity index (χ3v) is 13.0. The third kappa shape index (κ3) is 60.9. The van der Waals surface area contributed by atoms with E-state index in [-0.39, 0.29) is 26.1 Å². The molecule has 0 fully saturated rings. The number of phosphoric acid groups is 1. The van der Waals surface area contributed by atoms with Crippen LogP contribution in [0.4, 0.5) is 0 Å². The van der Waals surface area contributed by atoms with E-state index in [1.807, 2.05) is 21.1 Å². The van der Waals surface area contributed by atoms with Crippen molar-refractivity contribution < 1.29 is 42.1 Å². The number of phosphoric ester groups is 1. The number of unbranched alkanes of at least 4 members (excludes halogenated alkanes) is 13. The Hall–Kier alpha value is -4.37. The maximum absolute atomic E-state index is 12.8. The van der Waals surface area contributed by atoms with Gasteiger partial charge in [-0.15, -0.1) is 0 Å². The summed E-state index contributed by atoms with van der Waals surface area (Å²) < 4.78 is 34.5. The van der Waals surface area contributed by atoms with Gasteiger partial charge in [0.2, 0.25) is 0 Å². The van der Waals surface area contributed by atoms with E-state index in [2.05, 4.69) is 172 Å². The van der Waals surface area contributed by atoms with Crippen molar-refractivity contribution in [1.82, 2.24) is 0 Å². The standard InChI is InChI=1S/C68H110NO8P/c1-6-8-10-12-14-16-18-20-22-23-24-25-26-27-28-29-30-31-32-33-34-35-36-37-38-39-40-41-42-43-44-45-47-49-51-53-55-57-59-61-68(71)77-66(65-76-78(72,73)75-63-62-69(3,4)5)64-74-67(70)60-58-56-54-52-50-48-46-21-19-17-15-13-11-9-7-2/h8,10,14-17,20-22,24-25,27-28,30-31,33-34,36-37,39-40,42-43,45-47,66H,6-7,9,11-13,18-19,23,26,29,32,35,38,41,44,48-65H2,1-5H3/p+1/b10-8-,16-14-,17-15-,22-20-,25-24-,28-27-,31-30-,34-33-,37-36-,40-39-,43-42-,46-21-,47-45-. The molecule has 0 saturated carbocycles. The molecule has 0 amide bonds. The van der Waals surface area contributed by atoms with Crippen LogP contribution in [0.15, 0.2) is 158 Å². The van der Waals surface area contributed by atoms with Crippen LogP contribution in [0.5, 0.6) is 0 Å². The molecule has 78 heavy (non-hydrogen) atoms. The summed E-state index contributed by atoms with van der Waals surface area (Å²) >= 11 is 0. The summed E-state index contributed by atoms with van der Waals surface area (Å²) in [5.41, 5.74) is 0. The minimum Gasteiger partial charge on any atom is -0.462 e. The van der Waals surface area contributed by atoms with E-state index in [0.29, 0.717) is 23.9 Å². The first-order valence-electron chi connectivity index (χ1n) is 30.2. The van der Waals surface area contributed by atoms with Crippen LogP contribution in [-0.2, 0) is 32.7 Å². The van der Waals surface area contributed by atoms with E-state index in [0.717, 1.165) is 141 Å². The highest BCUT2D eigenvalue weighted by Crippen LogP contribution is 2.43. The fourth-order valence-corrected chi connectivity index (χ4v) is 8.14. The number of esters is 2. The highest BCUT2D eigenvalue weighted by atomic mass is 31.2. The fourth-order valence-electron chi connectivity index (χ4n) is 7.40. The molecule has 0 saturated heterocycles. The number of hydrogen-bond donors (Lipinski definition) is 1. The van der Waals surface area contributed by atoms with E-state index in [4.69, 9.17) is 18.5 Å². The molecule has 0 aromatic rings. The summed E-state index contributed by atoms with van der Waals surface area (Å²) in [5.74, 6) is -0.849. The van der Waals surface area contributed by atoms with Gasteiger partial charge < -0.3 is 18.9 Å². The van der Waals surface area contributed by atoms with Crippen LogP contribution in [0.2, 0.25) is 0 Å². The first-order valence-corrected chi connectivity index (χ1v) is 31.7. The summed E-state index contributed by atoms with van der Waals surface area (Å²) in [6.07, 6.45) is 86.1. The molecule has 1 N–H and O–H groups in total. The van der Waals surface area contributed by atoms with Crippen molar-refractivity contribution in [3.63, 3.8) is 0 Å². The van der Waals surface area contributed by atoms with Gasteiger partial charge >= 0.3 is 19.8 Å². The molecule has 0 aliphatic carbocycles. The average Bonchev–Trinajstić information content (AvgIpc) is 3.41. The number of ether oxygens (including phenoxy) is 2. The Kier molecular flexibility index (Phi) is 54.1. The molecular formula is C68H111NO8P+. The number of rotatable bonds is 53. The smallest absolute Gasteiger partial charge is 0.462 e. The minimum atomic E-state index is -4.40. The lowest BCUT2D eigenvalue weighted by Crippen LogP contribution is -2.37. The van der Waals surface area contributed by atoms with Crippen molar-refractivity contribution in [2.45, 2.75) is 213 Å². The summed E-state index contributed by atoms with van der Waals surface area (Å²) in [5, 5.41) is 0. The largest absolute Gasteiger partial charge is 0.472 e. The summed E-state index contributed by atoms with van der Waals surface area (Å²) in [4.78, 5) is 35.6. The molecule has 9 nitrogen and oxygen atoms in total. The molecule has 0 radical (unpaired) electrons. The van der Waals surface area contributed by atoms with Gasteiger partial charge in [-0.1, -0.05) is 223 Å². The molecule has 10 heteroatoms. The van der Waals surface area contributed by atoms with E-state index in [9.17, 15) is 19.0 Å². The van der Waals surface area contributed by atoms with Crippen molar-refractivity contribution in [1.29, 1.82) is 0 Å². The lowest BCUT2D eigenvalue weighted by Gasteiger charge is -2.24. The zero-order chi connectivity index (χ0) is 57.0. The van der Waals surface area contributed by atoms with Crippen molar-refractivity contribution in [3.8, 4) is 0 Å². The predicted molar refractivity (Wildman–Crippen MR) is 334 cm³/mol. The molecule has 0 aliphatic heterocycles. The Balaban J connectivity index is 4.21. The number of hydrogen-bond acceptors (Lipinski definition) is 7. The van der Waals surface area contributed by atoms with E-state index in [1.165, 1.54) is 25.7 Å². The second-order valence-electron chi connectivity index (χ2n) is 20.6. The molecule has 0 bridgehead atoms. The van der Waals surface area contributed by atoms with Crippen molar-refractivity contribution in [2.24, 2.45) is 0 Å². The number of nitrogens with zero attached hydrogens (tertiary/aromatic N) is 1. The Morgan fingerprint density at radius 1 is 0.410 bits per heavy atom. The van der Waals surface area contributed by atoms with Crippen molar-refractivity contribution in [2.75, 3.05) is 47.5 Å². The number of allylic oxidation sites excluding steroid dienone is 26. The molecular weight excluding hydrogens is 990 g/mol. The fraction of sp³-hybridized carbons (Fsp3) is 0.588. The highest BCUT2D eigenvalue weighted by Gasteiger charge is 2.27. The van der Waals surface area contributed by atoms with Gasteiger partial charge in [-0.3, -0.25) is 18.6 Å². The number of quaternary nitrogens is 1. The van der Waals surface area contributed by atoms with Gasteiger partial charge in [0.15, 0.2) is 6.10 Å². The average molecular weight is 1100 g/mol. The quantitative estimate of drug-likeness (QED) is 0.0211. The first kappa shape index (κ1) is 73.6. The van der Waals surface area contributed by atoms with E-state index >= 15 is 0 Å². The van der Waals surface area contributed by atoms with Gasteiger partial charge in [0, 0.05) is 12.8 Å². The van der Waals surface area contributed by atoms with E-state index < -0.39 is 32.5 Å². The van der Waals surface area contributed by atoms with Crippen LogP contribution in [0.25, 0.3) is 0 Å². The lowest BCUT2D eigenvalue weighted by atomic mass is 10.1. The zero-order valence-electron chi connectivity index (χ0n) is 49.8. The lowest BCUT2D eigenvalue weighted by molar-refractivity contribution is -0.870. The molecule has 0 aromatic heterocycles. The first-order chi connectivity index (χ1) is 38.0. The second-order valence-corrected chi connectivity index (χ2v) is 22.1. The van der Waals surface area contributed by atoms with Gasteiger partial charge in [-0.2, -0.15) is 0 Å². The van der Waals surface area contributed by atoms with Crippen LogP contribution in [0.1, 0.15) is 206 Å². The van der Waals surface area contributed by atoms with Crippen LogP contribution >= 0.6 is 7.82 Å². The molecule has 0 spiro atoms. The zero-order valence-corrected chi connectivity index (χ0v) is 50.7. The Morgan fingerprint density at radius 3 is 1.09 bits per heavy atom. The van der Waals surface area contributed by atoms with Crippen LogP contribution in [0, 0.1) is 0 Å². The second kappa shape index (κ2) is 57.3. The molecule has 0 aromatic carbocycles. The molecule has 2 unspecified atom stereocenters. The van der Waals surface area contributed by atoms with Crippen LogP contribution in [0.3, 0.4) is 0 Å². The SMILES string of the molecule is CC/C=C\C/C=C\C/C=C\C/C=C\C/C=C\C/C=C\C/C=C\C/C=C\C/C=C\C/C=C\C/C=C\CCCCCCCC(=O)OC(COC(=O)CCCCCCC/C=C\C/C=C\CCCCC)COP(=O)(O)OCC[N+](C)(C)C. The predicted octanol–water partition coefficient (Wildman–Crippen LogP) is 19.3. The summed E-state index contributed by atoms with van der Waals surface area (Å²) in [6, 6.07) is 0. The Morgan fingerprint density at radius 2 is 0.731 bits per heavy atom. The highest BCUT2D eigenvalue weighted by molar-refractivity contribution is 7.47. The molecule has 0 heterocycles. The summed E-state index contributed by atoms with van der Waals surface area (Å²) in [6.45, 7) is 4.22. The van der Waals surface area contributed by atoms with Crippen LogP contribution < -0.4 is 0 Å². The normalized spacial score (nSPS) is 14.4. The molecule has 440 valence electrons. The minimum absolute atomic E-state index is 0.0166. The maximum atomic E-state index is 12.8. The molecule has 0 rings (SSSR count). The van der Waals surface area contributed by atoms with Crippen molar-refractivity contribution >= 4 is 19.8 Å². The van der Waals surface area contributed by atoms with Crippen LogP contribution in [-0.4, -0.2) is 74.9 Å². The Labute approximate surface area is 477 Å². The molecule has 0 aliphatic rings. The van der Waals surface area contributed by atoms with Gasteiger partial charge in [-0.05, 0) is 128 Å². The topological polar surface area (TPSA) is 108 Å². The monoisotopic (exact) mass is 1100 g/mol. The van der Waals surface area contributed by atoms with Gasteiger partial charge in [0.1, 0.15) is 19.8 Å². The number of carbonyl (C=O) groups is 2. The van der Waals surface area contributed by atoms with Gasteiger partial charge in [0.05, 0.1) is 27.7 Å². The van der Waals surface area contributed by atoms with E-state index in [1.54, 1.807) is 0 Å². The maximum Gasteiger partial charge on any atom is 0.472 e. The third-order valence-electron chi connectivity index (χ3n) is 12.0. The number of likely N-dealkylation sites (N-methyl/N-ethyl adjacent to an activating group) is 1. The van der Waals surface area contributed by atoms with Gasteiger partial charge in [0.25, 0.3) is 0 Å². The number of carbonyl (C=O) groups excluding carboxylic acids is 2. The van der Waals surface area contributed by atoms with Crippen molar-refractivity contribution in [3.05, 3.63) is 158 Å². The Bertz CT molecular complexity index is 1870. The molecule has 2 atom stereocenters. The van der Waals surface area contributed by atoms with Gasteiger partial charge in [-0.25, -0.2) is 4.57 Å².